The lowest BCUT2D eigenvalue weighted by Gasteiger charge is -2.39. The molecule has 3 heterocycles. The van der Waals surface area contributed by atoms with E-state index in [1.54, 1.807) is 10.9 Å². The van der Waals surface area contributed by atoms with Crippen LogP contribution in [0.25, 0.3) is 10.9 Å². The van der Waals surface area contributed by atoms with Gasteiger partial charge in [0, 0.05) is 37.9 Å². The third-order valence-electron chi connectivity index (χ3n) is 5.49. The van der Waals surface area contributed by atoms with Gasteiger partial charge < -0.3 is 14.7 Å². The van der Waals surface area contributed by atoms with Crippen molar-refractivity contribution in [3.63, 3.8) is 0 Å². The number of nitrogens with zero attached hydrogens (tertiary/aromatic N) is 4. The molecule has 2 unspecified atom stereocenters. The number of ether oxygens (including phenoxy) is 1. The highest BCUT2D eigenvalue weighted by molar-refractivity contribution is 5.81. The Morgan fingerprint density at radius 1 is 1.19 bits per heavy atom. The number of aliphatic hydroxyl groups excluding tert-OH is 1. The minimum Gasteiger partial charge on any atom is -0.389 e. The molecule has 0 bridgehead atoms. The van der Waals surface area contributed by atoms with Crippen molar-refractivity contribution in [1.29, 1.82) is 0 Å². The summed E-state index contributed by atoms with van der Waals surface area (Å²) in [7, 11) is 0. The molecule has 0 saturated carbocycles. The van der Waals surface area contributed by atoms with Crippen LogP contribution in [-0.4, -0.2) is 71.1 Å². The number of piperazine rings is 1. The molecule has 2 saturated heterocycles. The van der Waals surface area contributed by atoms with Crippen LogP contribution in [0.3, 0.4) is 0 Å². The first-order valence-electron chi connectivity index (χ1n) is 9.30. The molecule has 2 atom stereocenters. The first kappa shape index (κ1) is 17.5. The molecule has 0 amide bonds. The lowest BCUT2D eigenvalue weighted by atomic mass is 10.1. The molecule has 2 aliphatic rings. The molecule has 1 N–H and O–H groups in total. The first-order chi connectivity index (χ1) is 12.5. The van der Waals surface area contributed by atoms with Gasteiger partial charge in [0.15, 0.2) is 0 Å². The largest absolute Gasteiger partial charge is 0.389 e. The second-order valence-electron chi connectivity index (χ2n) is 7.45. The fourth-order valence-corrected chi connectivity index (χ4v) is 3.88. The second-order valence-corrected chi connectivity index (χ2v) is 7.45. The van der Waals surface area contributed by atoms with E-state index in [1.165, 1.54) is 0 Å². The van der Waals surface area contributed by atoms with Crippen LogP contribution in [0, 0.1) is 0 Å². The zero-order chi connectivity index (χ0) is 18.3. The molecule has 26 heavy (non-hydrogen) atoms. The Kier molecular flexibility index (Phi) is 4.69. The zero-order valence-corrected chi connectivity index (χ0v) is 15.3. The summed E-state index contributed by atoms with van der Waals surface area (Å²) in [5.41, 5.74) is 1.85. The van der Waals surface area contributed by atoms with Gasteiger partial charge in [0.2, 0.25) is 0 Å². The minimum absolute atomic E-state index is 0.0107. The Morgan fingerprint density at radius 3 is 2.62 bits per heavy atom. The van der Waals surface area contributed by atoms with Gasteiger partial charge in [-0.3, -0.25) is 14.3 Å². The average molecular weight is 358 g/mol. The predicted octanol–water partition coefficient (Wildman–Crippen LogP) is 0.859. The van der Waals surface area contributed by atoms with Crippen molar-refractivity contribution in [2.75, 3.05) is 44.3 Å². The average Bonchev–Trinajstić information content (AvgIpc) is 3.07. The molecular weight excluding hydrogens is 332 g/mol. The Balaban J connectivity index is 1.51. The molecule has 1 aromatic carbocycles. The Morgan fingerprint density at radius 2 is 1.96 bits per heavy atom. The number of hydrogen-bond acceptors (Lipinski definition) is 6. The van der Waals surface area contributed by atoms with E-state index in [4.69, 9.17) is 4.74 Å². The van der Waals surface area contributed by atoms with Gasteiger partial charge >= 0.3 is 0 Å². The molecule has 4 rings (SSSR count). The van der Waals surface area contributed by atoms with Crippen molar-refractivity contribution in [2.45, 2.75) is 32.0 Å². The summed E-state index contributed by atoms with van der Waals surface area (Å²) in [5.74, 6) is 0. The van der Waals surface area contributed by atoms with Crippen LogP contribution >= 0.6 is 0 Å². The topological polar surface area (TPSA) is 70.8 Å². The highest BCUT2D eigenvalue weighted by Crippen LogP contribution is 2.22. The fraction of sp³-hybridized carbons (Fsp3) is 0.579. The van der Waals surface area contributed by atoms with Gasteiger partial charge in [0.25, 0.3) is 5.56 Å². The van der Waals surface area contributed by atoms with Crippen molar-refractivity contribution >= 4 is 16.6 Å². The van der Waals surface area contributed by atoms with E-state index >= 15 is 0 Å². The molecule has 2 aliphatic heterocycles. The monoisotopic (exact) mass is 358 g/mol. The molecule has 7 nitrogen and oxygen atoms in total. The number of anilines is 1. The Hall–Kier alpha value is -1.96. The van der Waals surface area contributed by atoms with E-state index in [1.807, 2.05) is 32.0 Å². The lowest BCUT2D eigenvalue weighted by molar-refractivity contribution is 0.0785. The van der Waals surface area contributed by atoms with Crippen molar-refractivity contribution in [1.82, 2.24) is 14.5 Å². The van der Waals surface area contributed by atoms with Gasteiger partial charge in [-0.25, -0.2) is 4.98 Å². The van der Waals surface area contributed by atoms with E-state index in [2.05, 4.69) is 14.8 Å². The Bertz CT molecular complexity index is 842. The number of fused-ring (bicyclic) bond motifs is 1. The third kappa shape index (κ3) is 3.11. The number of rotatable bonds is 3. The summed E-state index contributed by atoms with van der Waals surface area (Å²) in [6.07, 6.45) is 1.26. The van der Waals surface area contributed by atoms with Crippen LogP contribution in [-0.2, 0) is 4.74 Å². The zero-order valence-electron chi connectivity index (χ0n) is 15.3. The summed E-state index contributed by atoms with van der Waals surface area (Å²) >= 11 is 0. The molecule has 0 spiro atoms. The van der Waals surface area contributed by atoms with Crippen molar-refractivity contribution in [3.05, 3.63) is 34.9 Å². The van der Waals surface area contributed by atoms with Crippen LogP contribution < -0.4 is 10.5 Å². The maximum absolute atomic E-state index is 12.5. The van der Waals surface area contributed by atoms with Gasteiger partial charge in [0.1, 0.15) is 0 Å². The van der Waals surface area contributed by atoms with Gasteiger partial charge in [-0.2, -0.15) is 0 Å². The van der Waals surface area contributed by atoms with Crippen LogP contribution in [0.2, 0.25) is 0 Å². The van der Waals surface area contributed by atoms with E-state index in [-0.39, 0.29) is 23.7 Å². The smallest absolute Gasteiger partial charge is 0.261 e. The Labute approximate surface area is 152 Å². The van der Waals surface area contributed by atoms with Gasteiger partial charge in [0.05, 0.1) is 42.6 Å². The van der Waals surface area contributed by atoms with Gasteiger partial charge in [-0.15, -0.1) is 0 Å². The van der Waals surface area contributed by atoms with Crippen LogP contribution in [0.4, 0.5) is 5.69 Å². The van der Waals surface area contributed by atoms with Crippen LogP contribution in [0.5, 0.6) is 0 Å². The second kappa shape index (κ2) is 6.98. The van der Waals surface area contributed by atoms with E-state index in [0.717, 1.165) is 37.4 Å². The van der Waals surface area contributed by atoms with Crippen molar-refractivity contribution in [3.8, 4) is 0 Å². The quantitative estimate of drug-likeness (QED) is 0.878. The van der Waals surface area contributed by atoms with Gasteiger partial charge in [-0.1, -0.05) is 0 Å². The van der Waals surface area contributed by atoms with Crippen LogP contribution in [0.15, 0.2) is 29.3 Å². The van der Waals surface area contributed by atoms with E-state index < -0.39 is 0 Å². The van der Waals surface area contributed by atoms with Gasteiger partial charge in [-0.05, 0) is 32.0 Å². The maximum atomic E-state index is 12.5. The normalized spacial score (nSPS) is 24.7. The summed E-state index contributed by atoms with van der Waals surface area (Å²) < 4.78 is 7.04. The molecule has 7 heteroatoms. The summed E-state index contributed by atoms with van der Waals surface area (Å²) in [5, 5.41) is 10.7. The maximum Gasteiger partial charge on any atom is 0.261 e. The number of benzene rings is 1. The summed E-state index contributed by atoms with van der Waals surface area (Å²) in [6, 6.07) is 6.12. The molecule has 2 aromatic rings. The fourth-order valence-electron chi connectivity index (χ4n) is 3.88. The molecular formula is C19H26N4O3. The molecule has 2 fully saturated rings. The SMILES string of the molecule is CC(C)n1cnc2cc(N3CCN(C4COCC4O)CC3)ccc2c1=O. The van der Waals surface area contributed by atoms with E-state index in [9.17, 15) is 9.90 Å². The number of hydrogen-bond donors (Lipinski definition) is 1. The van der Waals surface area contributed by atoms with Crippen molar-refractivity contribution < 1.29 is 9.84 Å². The van der Waals surface area contributed by atoms with Crippen molar-refractivity contribution in [2.24, 2.45) is 0 Å². The highest BCUT2D eigenvalue weighted by atomic mass is 16.5. The molecule has 0 aliphatic carbocycles. The van der Waals surface area contributed by atoms with Crippen LogP contribution in [0.1, 0.15) is 19.9 Å². The summed E-state index contributed by atoms with van der Waals surface area (Å²) in [6.45, 7) is 8.58. The predicted molar refractivity (Wildman–Crippen MR) is 101 cm³/mol. The minimum atomic E-state index is -0.380. The molecule has 0 radical (unpaired) electrons. The number of aromatic nitrogens is 2. The summed E-state index contributed by atoms with van der Waals surface area (Å²) in [4.78, 5) is 21.7. The highest BCUT2D eigenvalue weighted by Gasteiger charge is 2.33. The molecule has 140 valence electrons. The first-order valence-corrected chi connectivity index (χ1v) is 9.30. The number of aliphatic hydroxyl groups is 1. The standard InChI is InChI=1S/C19H26N4O3/c1-13(2)23-12-20-16-9-14(3-4-15(16)19(23)25)21-5-7-22(8-6-21)17-10-26-11-18(17)24/h3-4,9,12-13,17-18,24H,5-8,10-11H2,1-2H3. The lowest BCUT2D eigenvalue weighted by Crippen LogP contribution is -2.53. The molecule has 1 aromatic heterocycles. The van der Waals surface area contributed by atoms with E-state index in [0.29, 0.717) is 18.6 Å². The third-order valence-corrected chi connectivity index (χ3v) is 5.49.